The molecule has 0 aromatic heterocycles. The van der Waals surface area contributed by atoms with Crippen LogP contribution in [0.5, 0.6) is 0 Å². The number of hydrogen-bond acceptors (Lipinski definition) is 1. The molecule has 4 heavy (non-hydrogen) atoms. The highest BCUT2D eigenvalue weighted by molar-refractivity contribution is 6.24. The van der Waals surface area contributed by atoms with Crippen LogP contribution in [-0.4, -0.2) is 8.41 Å². The molecule has 0 saturated carbocycles. The Balaban J connectivity index is 0. The molecule has 0 bridgehead atoms. The SMILES string of the molecule is ClOCl.[B]. The van der Waals surface area contributed by atoms with Crippen molar-refractivity contribution in [3.8, 4) is 0 Å². The van der Waals surface area contributed by atoms with Gasteiger partial charge in [0.05, 0.1) is 23.7 Å². The van der Waals surface area contributed by atoms with Gasteiger partial charge in [-0.25, -0.2) is 0 Å². The minimum absolute atomic E-state index is 0. The van der Waals surface area contributed by atoms with Gasteiger partial charge in [0.25, 0.3) is 0 Å². The summed E-state index contributed by atoms with van der Waals surface area (Å²) in [7, 11) is 0. The van der Waals surface area contributed by atoms with E-state index in [1.807, 2.05) is 0 Å². The monoisotopic (exact) mass is 96.9 g/mol. The summed E-state index contributed by atoms with van der Waals surface area (Å²) in [5, 5.41) is 0. The van der Waals surface area contributed by atoms with Gasteiger partial charge in [-0.15, -0.1) is 0 Å². The Labute approximate surface area is 36.8 Å². The topological polar surface area (TPSA) is 9.23 Å². The Morgan fingerprint density at radius 1 is 1.25 bits per heavy atom. The molecule has 0 aromatic carbocycles. The number of halogens is 2. The molecule has 0 spiro atoms. The van der Waals surface area contributed by atoms with E-state index in [2.05, 4.69) is 27.6 Å². The zero-order chi connectivity index (χ0) is 2.71. The molecule has 0 fully saturated rings. The first-order chi connectivity index (χ1) is 1.41. The average Bonchev–Trinajstić information content (AvgIpc) is 0.918. The van der Waals surface area contributed by atoms with Crippen LogP contribution >= 0.6 is 23.7 Å². The molecule has 3 radical (unpaired) electrons. The highest BCUT2D eigenvalue weighted by atomic mass is 35.6. The van der Waals surface area contributed by atoms with Crippen molar-refractivity contribution in [1.82, 2.24) is 0 Å². The van der Waals surface area contributed by atoms with Gasteiger partial charge in [0.1, 0.15) is 0 Å². The van der Waals surface area contributed by atoms with Gasteiger partial charge < -0.3 is 0 Å². The van der Waals surface area contributed by atoms with Crippen molar-refractivity contribution >= 4 is 32.1 Å². The van der Waals surface area contributed by atoms with Crippen LogP contribution in [0.4, 0.5) is 0 Å². The van der Waals surface area contributed by atoms with Gasteiger partial charge in [0, 0.05) is 8.41 Å². The minimum atomic E-state index is 0. The summed E-state index contributed by atoms with van der Waals surface area (Å²) in [5.74, 6) is 0. The Kier molecular flexibility index (Phi) is 20.9. The first-order valence-corrected chi connectivity index (χ1v) is 0.926. The van der Waals surface area contributed by atoms with Gasteiger partial charge in [-0.3, -0.25) is 0 Å². The van der Waals surface area contributed by atoms with Crippen molar-refractivity contribution < 1.29 is 3.84 Å². The summed E-state index contributed by atoms with van der Waals surface area (Å²) in [4.78, 5) is 0. The molecule has 0 N–H and O–H groups in total. The molecule has 0 aromatic rings. The standard InChI is InChI=1S/B.Cl2O/c;1-3-2. The lowest BCUT2D eigenvalue weighted by molar-refractivity contribution is 0.697. The first-order valence-electron chi connectivity index (χ1n) is 0.309. The summed E-state index contributed by atoms with van der Waals surface area (Å²) in [6.07, 6.45) is 0. The summed E-state index contributed by atoms with van der Waals surface area (Å²) >= 11 is 8.53. The van der Waals surface area contributed by atoms with Crippen LogP contribution in [0.3, 0.4) is 0 Å². The van der Waals surface area contributed by atoms with Gasteiger partial charge in [-0.05, 0) is 0 Å². The van der Waals surface area contributed by atoms with Crippen LogP contribution in [-0.2, 0) is 3.84 Å². The van der Waals surface area contributed by atoms with E-state index < -0.39 is 0 Å². The Morgan fingerprint density at radius 3 is 1.25 bits per heavy atom. The van der Waals surface area contributed by atoms with Crippen LogP contribution in [0.2, 0.25) is 0 Å². The van der Waals surface area contributed by atoms with E-state index in [9.17, 15) is 0 Å². The van der Waals surface area contributed by atoms with Crippen LogP contribution in [0, 0.1) is 0 Å². The molecule has 0 aliphatic heterocycles. The van der Waals surface area contributed by atoms with E-state index in [1.54, 1.807) is 0 Å². The maximum atomic E-state index is 4.26. The van der Waals surface area contributed by atoms with Crippen molar-refractivity contribution in [2.45, 2.75) is 0 Å². The van der Waals surface area contributed by atoms with Gasteiger partial charge in [-0.1, -0.05) is 0 Å². The van der Waals surface area contributed by atoms with Crippen molar-refractivity contribution in [2.75, 3.05) is 0 Å². The second-order valence-corrected chi connectivity index (χ2v) is 0.525. The summed E-state index contributed by atoms with van der Waals surface area (Å²) in [5.41, 5.74) is 0. The van der Waals surface area contributed by atoms with Crippen molar-refractivity contribution in [3.05, 3.63) is 0 Å². The average molecular weight is 97.7 g/mol. The van der Waals surface area contributed by atoms with Crippen molar-refractivity contribution in [1.29, 1.82) is 0 Å². The van der Waals surface area contributed by atoms with Crippen LogP contribution in [0.25, 0.3) is 0 Å². The predicted octanol–water partition coefficient (Wildman–Crippen LogP) is 0.930. The predicted molar refractivity (Wildman–Crippen MR) is 18.5 cm³/mol. The second kappa shape index (κ2) is 9.50. The third kappa shape index (κ3) is 18.3. The minimum Gasteiger partial charge on any atom is -0.166 e. The number of rotatable bonds is 0. The molecule has 0 aliphatic carbocycles. The maximum Gasteiger partial charge on any atom is 0.0832 e. The highest BCUT2D eigenvalue weighted by Crippen LogP contribution is 1.78. The van der Waals surface area contributed by atoms with E-state index in [0.29, 0.717) is 0 Å². The normalized spacial score (nSPS) is 4.50. The van der Waals surface area contributed by atoms with Crippen LogP contribution in [0.15, 0.2) is 0 Å². The molecule has 0 heterocycles. The van der Waals surface area contributed by atoms with Gasteiger partial charge in [0.2, 0.25) is 0 Å². The lowest BCUT2D eigenvalue weighted by Crippen LogP contribution is -1.15. The summed E-state index contributed by atoms with van der Waals surface area (Å²) in [6.45, 7) is 0. The molecule has 4 heteroatoms. The third-order valence-electron chi connectivity index (χ3n) is 0. The second-order valence-electron chi connectivity index (χ2n) is 0.0583. The molecule has 0 atom stereocenters. The molecular weight excluding hydrogens is 97.7 g/mol. The van der Waals surface area contributed by atoms with Crippen molar-refractivity contribution in [2.24, 2.45) is 0 Å². The molecule has 0 aliphatic rings. The summed E-state index contributed by atoms with van der Waals surface area (Å²) < 4.78 is 3.19. The summed E-state index contributed by atoms with van der Waals surface area (Å²) in [6, 6.07) is 0. The molecule has 0 amide bonds. The van der Waals surface area contributed by atoms with E-state index in [-0.39, 0.29) is 8.41 Å². The lowest BCUT2D eigenvalue weighted by Gasteiger charge is -1.46. The van der Waals surface area contributed by atoms with Crippen LogP contribution < -0.4 is 0 Å². The molecule has 0 rings (SSSR count). The zero-order valence-electron chi connectivity index (χ0n) is 1.74. The molecule has 0 saturated heterocycles. The van der Waals surface area contributed by atoms with E-state index in [0.717, 1.165) is 0 Å². The van der Waals surface area contributed by atoms with Gasteiger partial charge >= 0.3 is 0 Å². The van der Waals surface area contributed by atoms with E-state index in [1.165, 1.54) is 0 Å². The number of hydrogen-bond donors (Lipinski definition) is 0. The molecule has 23 valence electrons. The maximum absolute atomic E-state index is 4.26. The lowest BCUT2D eigenvalue weighted by atomic mass is 10.8. The molecule has 1 nitrogen and oxygen atoms in total. The van der Waals surface area contributed by atoms with Gasteiger partial charge in [0.15, 0.2) is 0 Å². The molecular formula is BCl2O. The Morgan fingerprint density at radius 2 is 1.25 bits per heavy atom. The zero-order valence-corrected chi connectivity index (χ0v) is 3.25. The fourth-order valence-corrected chi connectivity index (χ4v) is 0. The van der Waals surface area contributed by atoms with Crippen molar-refractivity contribution in [3.63, 3.8) is 0 Å². The quantitative estimate of drug-likeness (QED) is 0.409. The largest absolute Gasteiger partial charge is 0.166 e. The molecule has 0 unspecified atom stereocenters. The van der Waals surface area contributed by atoms with E-state index in [4.69, 9.17) is 0 Å². The smallest absolute Gasteiger partial charge is 0.0832 e. The van der Waals surface area contributed by atoms with Gasteiger partial charge in [-0.2, -0.15) is 3.84 Å². The fourth-order valence-electron chi connectivity index (χ4n) is 0. The van der Waals surface area contributed by atoms with Crippen LogP contribution in [0.1, 0.15) is 0 Å². The Bertz CT molecular complexity index is 6.00. The first kappa shape index (κ1) is 8.82. The highest BCUT2D eigenvalue weighted by Gasteiger charge is 1.38. The third-order valence-corrected chi connectivity index (χ3v) is 0. The Hall–Kier alpha value is 0.605. The fraction of sp³-hybridized carbons (Fsp3) is 0. The van der Waals surface area contributed by atoms with E-state index >= 15 is 0 Å².